The van der Waals surface area contributed by atoms with E-state index in [1.165, 1.54) is 6.20 Å². The van der Waals surface area contributed by atoms with E-state index < -0.39 is 18.8 Å². The Hall–Kier alpha value is -2.55. The van der Waals surface area contributed by atoms with Gasteiger partial charge in [0, 0.05) is 16.9 Å². The molecular formula is C19H19ClF3N3O3. The molecule has 6 nitrogen and oxygen atoms in total. The third kappa shape index (κ3) is 6.49. The van der Waals surface area contributed by atoms with E-state index >= 15 is 0 Å². The summed E-state index contributed by atoms with van der Waals surface area (Å²) in [6.45, 7) is 0.716. The monoisotopic (exact) mass is 429 g/mol. The Morgan fingerprint density at radius 3 is 2.59 bits per heavy atom. The van der Waals surface area contributed by atoms with Gasteiger partial charge in [0.15, 0.2) is 6.61 Å². The van der Waals surface area contributed by atoms with Gasteiger partial charge in [-0.3, -0.25) is 9.78 Å². The average Bonchev–Trinajstić information content (AvgIpc) is 3.45. The summed E-state index contributed by atoms with van der Waals surface area (Å²) < 4.78 is 46.6. The van der Waals surface area contributed by atoms with Crippen molar-refractivity contribution in [2.75, 3.05) is 13.2 Å². The van der Waals surface area contributed by atoms with E-state index in [4.69, 9.17) is 16.3 Å². The SMILES string of the molecule is C[C@@H](NC(=O)C1CC1COc1ccc(Cl)cc1)c1cnc(OCC(F)(F)F)cn1. The second-order valence-electron chi connectivity index (χ2n) is 6.78. The zero-order valence-corrected chi connectivity index (χ0v) is 16.2. The number of halogens is 4. The molecule has 1 amide bonds. The lowest BCUT2D eigenvalue weighted by atomic mass is 10.2. The van der Waals surface area contributed by atoms with Gasteiger partial charge >= 0.3 is 6.18 Å². The molecule has 1 aromatic carbocycles. The Morgan fingerprint density at radius 2 is 1.97 bits per heavy atom. The first kappa shape index (κ1) is 21.2. The smallest absolute Gasteiger partial charge is 0.422 e. The zero-order valence-electron chi connectivity index (χ0n) is 15.4. The van der Waals surface area contributed by atoms with E-state index in [9.17, 15) is 18.0 Å². The second kappa shape index (κ2) is 8.86. The number of nitrogens with zero attached hydrogens (tertiary/aromatic N) is 2. The number of benzene rings is 1. The topological polar surface area (TPSA) is 73.3 Å². The Balaban J connectivity index is 1.43. The van der Waals surface area contributed by atoms with Crippen LogP contribution in [0, 0.1) is 11.8 Å². The fourth-order valence-electron chi connectivity index (χ4n) is 2.66. The van der Waals surface area contributed by atoms with Crippen LogP contribution in [-0.4, -0.2) is 35.3 Å². The minimum atomic E-state index is -4.44. The Kier molecular flexibility index (Phi) is 6.46. The maximum atomic E-state index is 12.4. The number of ether oxygens (including phenoxy) is 2. The number of alkyl halides is 3. The molecule has 0 saturated heterocycles. The molecule has 0 spiro atoms. The van der Waals surface area contributed by atoms with E-state index in [1.807, 2.05) is 0 Å². The first-order valence-electron chi connectivity index (χ1n) is 8.91. The van der Waals surface area contributed by atoms with Crippen molar-refractivity contribution in [3.05, 3.63) is 47.4 Å². The largest absolute Gasteiger partial charge is 0.493 e. The zero-order chi connectivity index (χ0) is 21.0. The summed E-state index contributed by atoms with van der Waals surface area (Å²) in [5.41, 5.74) is 0.423. The molecule has 29 heavy (non-hydrogen) atoms. The van der Waals surface area contributed by atoms with Gasteiger partial charge in [0.05, 0.1) is 30.7 Å². The van der Waals surface area contributed by atoms with Crippen LogP contribution in [0.15, 0.2) is 36.7 Å². The molecule has 1 saturated carbocycles. The minimum absolute atomic E-state index is 0.124. The van der Waals surface area contributed by atoms with Crippen LogP contribution >= 0.6 is 11.6 Å². The summed E-state index contributed by atoms with van der Waals surface area (Å²) in [5.74, 6) is 0.318. The predicted molar refractivity (Wildman–Crippen MR) is 98.7 cm³/mol. The van der Waals surface area contributed by atoms with Crippen molar-refractivity contribution in [2.45, 2.75) is 25.6 Å². The molecule has 1 N–H and O–H groups in total. The fourth-order valence-corrected chi connectivity index (χ4v) is 2.79. The highest BCUT2D eigenvalue weighted by Gasteiger charge is 2.43. The molecule has 1 aromatic heterocycles. The molecule has 0 radical (unpaired) electrons. The molecule has 0 aliphatic heterocycles. The number of nitrogens with one attached hydrogen (secondary N) is 1. The van der Waals surface area contributed by atoms with Gasteiger partial charge in [-0.2, -0.15) is 13.2 Å². The standard InChI is InChI=1S/C19H19ClF3N3O3/c1-11(16-7-25-17(8-24-16)29-10-19(21,22)23)26-18(27)15-6-12(15)9-28-14-4-2-13(20)3-5-14/h2-5,7-8,11-12,15H,6,9-10H2,1H3,(H,26,27)/t11-,12?,15?/m1/s1. The summed E-state index contributed by atoms with van der Waals surface area (Å²) in [4.78, 5) is 20.2. The second-order valence-corrected chi connectivity index (χ2v) is 7.22. The van der Waals surface area contributed by atoms with Crippen molar-refractivity contribution in [2.24, 2.45) is 11.8 Å². The van der Waals surface area contributed by atoms with E-state index in [-0.39, 0.29) is 23.6 Å². The van der Waals surface area contributed by atoms with Crippen LogP contribution in [-0.2, 0) is 4.79 Å². The highest BCUT2D eigenvalue weighted by Crippen LogP contribution is 2.39. The molecular weight excluding hydrogens is 411 g/mol. The highest BCUT2D eigenvalue weighted by molar-refractivity contribution is 6.30. The predicted octanol–water partition coefficient (Wildman–Crippen LogP) is 3.96. The van der Waals surface area contributed by atoms with Crippen molar-refractivity contribution >= 4 is 17.5 Å². The molecule has 10 heteroatoms. The number of rotatable bonds is 8. The summed E-state index contributed by atoms with van der Waals surface area (Å²) in [7, 11) is 0. The van der Waals surface area contributed by atoms with Crippen molar-refractivity contribution in [1.82, 2.24) is 15.3 Å². The molecule has 2 aromatic rings. The number of amides is 1. The number of aromatic nitrogens is 2. The Morgan fingerprint density at radius 1 is 1.24 bits per heavy atom. The summed E-state index contributed by atoms with van der Waals surface area (Å²) in [6.07, 6.45) is -1.34. The molecule has 2 unspecified atom stereocenters. The maximum absolute atomic E-state index is 12.4. The van der Waals surface area contributed by atoms with Crippen LogP contribution < -0.4 is 14.8 Å². The molecule has 0 bridgehead atoms. The van der Waals surface area contributed by atoms with Gasteiger partial charge in [-0.05, 0) is 37.6 Å². The molecule has 1 fully saturated rings. The van der Waals surface area contributed by atoms with Crippen molar-refractivity contribution in [1.29, 1.82) is 0 Å². The van der Waals surface area contributed by atoms with Crippen LogP contribution in [0.25, 0.3) is 0 Å². The molecule has 1 heterocycles. The van der Waals surface area contributed by atoms with Crippen LogP contribution in [0.1, 0.15) is 25.1 Å². The van der Waals surface area contributed by atoms with Crippen LogP contribution in [0.5, 0.6) is 11.6 Å². The van der Waals surface area contributed by atoms with Crippen LogP contribution in [0.3, 0.4) is 0 Å². The first-order valence-corrected chi connectivity index (χ1v) is 9.29. The van der Waals surface area contributed by atoms with Gasteiger partial charge in [-0.1, -0.05) is 11.6 Å². The van der Waals surface area contributed by atoms with Crippen molar-refractivity contribution < 1.29 is 27.4 Å². The van der Waals surface area contributed by atoms with Gasteiger partial charge in [0.25, 0.3) is 0 Å². The summed E-state index contributed by atoms with van der Waals surface area (Å²) >= 11 is 5.82. The summed E-state index contributed by atoms with van der Waals surface area (Å²) in [6, 6.07) is 6.56. The van der Waals surface area contributed by atoms with E-state index in [1.54, 1.807) is 31.2 Å². The quantitative estimate of drug-likeness (QED) is 0.687. The molecule has 156 valence electrons. The van der Waals surface area contributed by atoms with Gasteiger partial charge in [0.1, 0.15) is 5.75 Å². The lowest BCUT2D eigenvalue weighted by Crippen LogP contribution is -2.29. The number of carbonyl (C=O) groups excluding carboxylic acids is 1. The lowest BCUT2D eigenvalue weighted by Gasteiger charge is -2.14. The van der Waals surface area contributed by atoms with Gasteiger partial charge in [-0.25, -0.2) is 4.98 Å². The summed E-state index contributed by atoms with van der Waals surface area (Å²) in [5, 5.41) is 3.46. The minimum Gasteiger partial charge on any atom is -0.493 e. The van der Waals surface area contributed by atoms with E-state index in [2.05, 4.69) is 20.0 Å². The van der Waals surface area contributed by atoms with Crippen LogP contribution in [0.2, 0.25) is 5.02 Å². The molecule has 3 rings (SSSR count). The third-order valence-corrected chi connectivity index (χ3v) is 4.62. The van der Waals surface area contributed by atoms with Crippen LogP contribution in [0.4, 0.5) is 13.2 Å². The maximum Gasteiger partial charge on any atom is 0.422 e. The van der Waals surface area contributed by atoms with Crippen molar-refractivity contribution in [3.8, 4) is 11.6 Å². The molecule has 1 aliphatic rings. The molecule has 3 atom stereocenters. The van der Waals surface area contributed by atoms with E-state index in [0.717, 1.165) is 12.6 Å². The van der Waals surface area contributed by atoms with Crippen molar-refractivity contribution in [3.63, 3.8) is 0 Å². The number of hydrogen-bond donors (Lipinski definition) is 1. The normalized spacial score (nSPS) is 19.3. The average molecular weight is 430 g/mol. The lowest BCUT2D eigenvalue weighted by molar-refractivity contribution is -0.154. The van der Waals surface area contributed by atoms with Gasteiger partial charge < -0.3 is 14.8 Å². The number of hydrogen-bond acceptors (Lipinski definition) is 5. The fraction of sp³-hybridized carbons (Fsp3) is 0.421. The molecule has 1 aliphatic carbocycles. The first-order chi connectivity index (χ1) is 13.7. The number of carbonyl (C=O) groups is 1. The van der Waals surface area contributed by atoms with E-state index in [0.29, 0.717) is 23.1 Å². The Bertz CT molecular complexity index is 831. The van der Waals surface area contributed by atoms with Gasteiger partial charge in [-0.15, -0.1) is 0 Å². The van der Waals surface area contributed by atoms with Gasteiger partial charge in [0.2, 0.25) is 11.8 Å². The third-order valence-electron chi connectivity index (χ3n) is 4.37. The highest BCUT2D eigenvalue weighted by atomic mass is 35.5. The Labute approximate surface area is 170 Å².